The molecule has 37 heavy (non-hydrogen) atoms. The fourth-order valence-electron chi connectivity index (χ4n) is 3.57. The first-order chi connectivity index (χ1) is 17.8. The maximum Gasteiger partial charge on any atom is 0.270 e. The summed E-state index contributed by atoms with van der Waals surface area (Å²) in [5.41, 5.74) is 2.50. The van der Waals surface area contributed by atoms with Gasteiger partial charge in [-0.2, -0.15) is 0 Å². The van der Waals surface area contributed by atoms with E-state index in [1.165, 1.54) is 47.5 Å². The summed E-state index contributed by atoms with van der Waals surface area (Å²) in [4.78, 5) is 27.3. The summed E-state index contributed by atoms with van der Waals surface area (Å²) in [7, 11) is 1.43. The van der Waals surface area contributed by atoms with Gasteiger partial charge in [-0.3, -0.25) is 14.5 Å². The van der Waals surface area contributed by atoms with Gasteiger partial charge in [-0.1, -0.05) is 66.8 Å². The highest BCUT2D eigenvalue weighted by Gasteiger charge is 2.33. The Bertz CT molecular complexity index is 1400. The molecule has 190 valence electrons. The van der Waals surface area contributed by atoms with Crippen molar-refractivity contribution in [2.24, 2.45) is 0 Å². The second kappa shape index (κ2) is 11.8. The van der Waals surface area contributed by atoms with Gasteiger partial charge >= 0.3 is 0 Å². The van der Waals surface area contributed by atoms with E-state index in [4.69, 9.17) is 33.3 Å². The van der Waals surface area contributed by atoms with Crippen LogP contribution in [0.2, 0.25) is 5.02 Å². The number of halogens is 2. The minimum atomic E-state index is -0.567. The van der Waals surface area contributed by atoms with Crippen LogP contribution < -0.4 is 19.7 Å². The molecule has 0 spiro atoms. The fourth-order valence-corrected chi connectivity index (χ4v) is 5.14. The summed E-state index contributed by atoms with van der Waals surface area (Å²) >= 11 is 13.1. The number of hydrogen-bond donors (Lipinski definition) is 1. The molecule has 0 radical (unpaired) electrons. The first kappa shape index (κ1) is 26.7. The molecule has 2 amide bonds. The van der Waals surface area contributed by atoms with Gasteiger partial charge in [0.1, 0.15) is 5.82 Å². The van der Waals surface area contributed by atoms with E-state index in [0.717, 1.165) is 6.42 Å². The predicted molar refractivity (Wildman–Crippen MR) is 150 cm³/mol. The van der Waals surface area contributed by atoms with Gasteiger partial charge in [-0.25, -0.2) is 4.39 Å². The number of nitrogens with zero attached hydrogens (tertiary/aromatic N) is 1. The highest BCUT2D eigenvalue weighted by Crippen LogP contribution is 2.40. The molecule has 6 nitrogen and oxygen atoms in total. The van der Waals surface area contributed by atoms with Gasteiger partial charge < -0.3 is 14.8 Å². The number of benzene rings is 3. The van der Waals surface area contributed by atoms with Crippen LogP contribution in [0.4, 0.5) is 15.8 Å². The quantitative estimate of drug-likeness (QED) is 0.253. The number of aryl methyl sites for hydroxylation is 1. The number of carbonyl (C=O) groups is 2. The molecule has 1 aliphatic rings. The van der Waals surface area contributed by atoms with Crippen molar-refractivity contribution in [3.05, 3.63) is 87.5 Å². The van der Waals surface area contributed by atoms with Crippen LogP contribution >= 0.6 is 35.6 Å². The molecule has 0 saturated carbocycles. The van der Waals surface area contributed by atoms with Crippen molar-refractivity contribution >= 4 is 69.2 Å². The van der Waals surface area contributed by atoms with Crippen LogP contribution in [0, 0.1) is 5.82 Å². The molecule has 1 fully saturated rings. The monoisotopic (exact) mass is 556 g/mol. The van der Waals surface area contributed by atoms with Crippen molar-refractivity contribution in [3.63, 3.8) is 0 Å². The lowest BCUT2D eigenvalue weighted by molar-refractivity contribution is -0.118. The number of thioether (sulfide) groups is 1. The smallest absolute Gasteiger partial charge is 0.270 e. The van der Waals surface area contributed by atoms with Gasteiger partial charge in [-0.15, -0.1) is 0 Å². The van der Waals surface area contributed by atoms with Crippen LogP contribution in [0.15, 0.2) is 65.6 Å². The number of ether oxygens (including phenoxy) is 2. The molecule has 10 heteroatoms. The standard InChI is InChI=1S/C27H22ClFN2O4S2/c1-3-16-8-10-18(11-9-16)31-26(33)23(37-27(31)36)14-17-12-19(28)25(22(13-17)34-2)35-15-24(32)30-21-7-5-4-6-20(21)29/h4-14H,3,15H2,1-2H3,(H,30,32)/b23-14-. The Labute approximate surface area is 228 Å². The Hall–Kier alpha value is -3.40. The highest BCUT2D eigenvalue weighted by atomic mass is 35.5. The Kier molecular flexibility index (Phi) is 8.48. The Morgan fingerprint density at radius 2 is 1.92 bits per heavy atom. The van der Waals surface area contributed by atoms with Crippen molar-refractivity contribution in [2.75, 3.05) is 23.9 Å². The maximum absolute atomic E-state index is 13.8. The largest absolute Gasteiger partial charge is 0.493 e. The van der Waals surface area contributed by atoms with Crippen molar-refractivity contribution in [3.8, 4) is 11.5 Å². The lowest BCUT2D eigenvalue weighted by Gasteiger charge is -2.15. The van der Waals surface area contributed by atoms with Crippen molar-refractivity contribution in [2.45, 2.75) is 13.3 Å². The highest BCUT2D eigenvalue weighted by molar-refractivity contribution is 8.27. The number of amides is 2. The van der Waals surface area contributed by atoms with E-state index < -0.39 is 18.3 Å². The van der Waals surface area contributed by atoms with E-state index in [1.54, 1.807) is 24.3 Å². The number of hydrogen-bond acceptors (Lipinski definition) is 6. The van der Waals surface area contributed by atoms with E-state index in [-0.39, 0.29) is 28.1 Å². The van der Waals surface area contributed by atoms with Gasteiger partial charge in [0.15, 0.2) is 22.4 Å². The summed E-state index contributed by atoms with van der Waals surface area (Å²) in [5, 5.41) is 2.62. The lowest BCUT2D eigenvalue weighted by atomic mass is 10.1. The zero-order valence-corrected chi connectivity index (χ0v) is 22.3. The van der Waals surface area contributed by atoms with Crippen molar-refractivity contribution in [1.29, 1.82) is 0 Å². The number of nitrogens with one attached hydrogen (secondary N) is 1. The fraction of sp³-hybridized carbons (Fsp3) is 0.148. The number of anilines is 2. The van der Waals surface area contributed by atoms with E-state index in [2.05, 4.69) is 12.2 Å². The third kappa shape index (κ3) is 6.12. The molecular formula is C27H22ClFN2O4S2. The second-order valence-electron chi connectivity index (χ2n) is 7.89. The number of para-hydroxylation sites is 1. The molecular weight excluding hydrogens is 535 g/mol. The number of carbonyl (C=O) groups excluding carboxylic acids is 2. The molecule has 3 aromatic carbocycles. The molecule has 1 aliphatic heterocycles. The summed E-state index contributed by atoms with van der Waals surface area (Å²) in [6.07, 6.45) is 2.57. The average Bonchev–Trinajstić information content (AvgIpc) is 3.16. The summed E-state index contributed by atoms with van der Waals surface area (Å²) in [5.74, 6) is -0.946. The molecule has 1 heterocycles. The van der Waals surface area contributed by atoms with Gasteiger partial charge in [-0.05, 0) is 60.0 Å². The Morgan fingerprint density at radius 1 is 1.19 bits per heavy atom. The molecule has 0 aromatic heterocycles. The number of thiocarbonyl (C=S) groups is 1. The molecule has 1 N–H and O–H groups in total. The SMILES string of the molecule is CCc1ccc(N2C(=O)/C(=C/c3cc(Cl)c(OCC(=O)Nc4ccccc4F)c(OC)c3)SC2=S)cc1. The minimum absolute atomic E-state index is 0.0446. The predicted octanol–water partition coefficient (Wildman–Crippen LogP) is 6.47. The minimum Gasteiger partial charge on any atom is -0.493 e. The Morgan fingerprint density at radius 3 is 2.59 bits per heavy atom. The van der Waals surface area contributed by atoms with Gasteiger partial charge in [0.25, 0.3) is 11.8 Å². The van der Waals surface area contributed by atoms with Gasteiger partial charge in [0.2, 0.25) is 0 Å². The van der Waals surface area contributed by atoms with Gasteiger partial charge in [0.05, 0.1) is 28.4 Å². The van der Waals surface area contributed by atoms with Crippen LogP contribution in [0.25, 0.3) is 6.08 Å². The zero-order chi connectivity index (χ0) is 26.5. The third-order valence-corrected chi connectivity index (χ3v) is 7.02. The third-order valence-electron chi connectivity index (χ3n) is 5.44. The average molecular weight is 557 g/mol. The molecule has 0 aliphatic carbocycles. The van der Waals surface area contributed by atoms with Crippen molar-refractivity contribution in [1.82, 2.24) is 0 Å². The molecule has 0 bridgehead atoms. The van der Waals surface area contributed by atoms with Crippen LogP contribution in [-0.2, 0) is 16.0 Å². The van der Waals surface area contributed by atoms with E-state index in [9.17, 15) is 14.0 Å². The van der Waals surface area contributed by atoms with Crippen LogP contribution in [0.3, 0.4) is 0 Å². The maximum atomic E-state index is 13.8. The van der Waals surface area contributed by atoms with Crippen molar-refractivity contribution < 1.29 is 23.5 Å². The molecule has 0 unspecified atom stereocenters. The number of methoxy groups -OCH3 is 1. The topological polar surface area (TPSA) is 67.9 Å². The molecule has 0 atom stereocenters. The molecule has 3 aromatic rings. The summed E-state index contributed by atoms with van der Waals surface area (Å²) in [6.45, 7) is 1.65. The number of rotatable bonds is 8. The normalized spacial score (nSPS) is 14.3. The van der Waals surface area contributed by atoms with Gasteiger partial charge in [0, 0.05) is 0 Å². The van der Waals surface area contributed by atoms with E-state index in [0.29, 0.717) is 20.5 Å². The van der Waals surface area contributed by atoms with Crippen LogP contribution in [0.5, 0.6) is 11.5 Å². The van der Waals surface area contributed by atoms with E-state index >= 15 is 0 Å². The first-order valence-electron chi connectivity index (χ1n) is 11.2. The van der Waals surface area contributed by atoms with Crippen LogP contribution in [0.1, 0.15) is 18.1 Å². The Balaban J connectivity index is 1.50. The van der Waals surface area contributed by atoms with Crippen LogP contribution in [-0.4, -0.2) is 29.9 Å². The molecule has 1 saturated heterocycles. The summed E-state index contributed by atoms with van der Waals surface area (Å²) < 4.78 is 25.2. The molecule has 4 rings (SSSR count). The second-order valence-corrected chi connectivity index (χ2v) is 9.97. The summed E-state index contributed by atoms with van der Waals surface area (Å²) in [6, 6.07) is 16.7. The lowest BCUT2D eigenvalue weighted by Crippen LogP contribution is -2.27. The van der Waals surface area contributed by atoms with E-state index in [1.807, 2.05) is 24.3 Å². The zero-order valence-electron chi connectivity index (χ0n) is 19.9. The first-order valence-corrected chi connectivity index (χ1v) is 12.8.